The first-order valence-corrected chi connectivity index (χ1v) is 7.29. The third-order valence-corrected chi connectivity index (χ3v) is 4.01. The number of fused-ring (bicyclic) bond motifs is 2. The zero-order valence-corrected chi connectivity index (χ0v) is 12.7. The highest BCUT2D eigenvalue weighted by Crippen LogP contribution is 2.31. The number of benzene rings is 2. The molecular weight excluding hydrogens is 314 g/mol. The molecule has 120 valence electrons. The van der Waals surface area contributed by atoms with Gasteiger partial charge < -0.3 is 10.2 Å². The van der Waals surface area contributed by atoms with E-state index >= 15 is 0 Å². The Balaban J connectivity index is 1.66. The third kappa shape index (κ3) is 2.34. The number of hydrogen-bond donors (Lipinski definition) is 1. The van der Waals surface area contributed by atoms with Gasteiger partial charge in [-0.25, -0.2) is 13.8 Å². The summed E-state index contributed by atoms with van der Waals surface area (Å²) in [4.78, 5) is 21.7. The molecule has 3 aromatic rings. The van der Waals surface area contributed by atoms with E-state index in [1.165, 1.54) is 6.20 Å². The standard InChI is InChI=1S/C17H12F2N4O/c1-23-15-3-2-10(4-9(15)5-17(23)24)21-16-8-20-13-6-11(18)12(19)7-14(13)22-16/h2-4,6-8H,5H2,1H3,(H,21,22). The first kappa shape index (κ1) is 14.5. The van der Waals surface area contributed by atoms with Crippen molar-refractivity contribution >= 4 is 34.1 Å². The van der Waals surface area contributed by atoms with Crippen LogP contribution in [0, 0.1) is 11.6 Å². The summed E-state index contributed by atoms with van der Waals surface area (Å²) >= 11 is 0. The molecule has 0 fully saturated rings. The monoisotopic (exact) mass is 326 g/mol. The molecule has 7 heteroatoms. The number of carbonyl (C=O) groups excluding carboxylic acids is 1. The number of nitrogens with zero attached hydrogens (tertiary/aromatic N) is 3. The van der Waals surface area contributed by atoms with Crippen LogP contribution in [-0.2, 0) is 11.2 Å². The Morgan fingerprint density at radius 3 is 2.67 bits per heavy atom. The van der Waals surface area contributed by atoms with Crippen LogP contribution in [0.2, 0.25) is 0 Å². The molecule has 0 aliphatic carbocycles. The zero-order chi connectivity index (χ0) is 16.8. The second kappa shape index (κ2) is 5.23. The molecule has 0 spiro atoms. The Labute approximate surface area is 136 Å². The van der Waals surface area contributed by atoms with Crippen molar-refractivity contribution in [1.82, 2.24) is 9.97 Å². The van der Waals surface area contributed by atoms with E-state index in [-0.39, 0.29) is 16.9 Å². The lowest BCUT2D eigenvalue weighted by molar-refractivity contribution is -0.117. The Morgan fingerprint density at radius 1 is 1.12 bits per heavy atom. The molecule has 0 atom stereocenters. The summed E-state index contributed by atoms with van der Waals surface area (Å²) in [5.41, 5.74) is 3.09. The SMILES string of the molecule is CN1C(=O)Cc2cc(Nc3cnc4cc(F)c(F)cc4n3)ccc21. The number of carbonyl (C=O) groups is 1. The van der Waals surface area contributed by atoms with E-state index in [1.54, 1.807) is 11.9 Å². The van der Waals surface area contributed by atoms with Crippen molar-refractivity contribution in [2.75, 3.05) is 17.3 Å². The van der Waals surface area contributed by atoms with Crippen LogP contribution in [0.3, 0.4) is 0 Å². The predicted octanol–water partition coefficient (Wildman–Crippen LogP) is 3.17. The maximum absolute atomic E-state index is 13.3. The molecule has 0 saturated carbocycles. The van der Waals surface area contributed by atoms with E-state index in [9.17, 15) is 13.6 Å². The average molecular weight is 326 g/mol. The van der Waals surface area contributed by atoms with Crippen LogP contribution in [0.5, 0.6) is 0 Å². The maximum atomic E-state index is 13.3. The quantitative estimate of drug-likeness (QED) is 0.786. The first-order valence-electron chi connectivity index (χ1n) is 7.29. The van der Waals surface area contributed by atoms with E-state index in [4.69, 9.17) is 0 Å². The number of hydrogen-bond acceptors (Lipinski definition) is 4. The van der Waals surface area contributed by atoms with Crippen molar-refractivity contribution in [3.05, 3.63) is 53.7 Å². The molecule has 1 aliphatic rings. The smallest absolute Gasteiger partial charge is 0.231 e. The average Bonchev–Trinajstić information content (AvgIpc) is 2.83. The van der Waals surface area contributed by atoms with Gasteiger partial charge in [0.25, 0.3) is 0 Å². The second-order valence-corrected chi connectivity index (χ2v) is 5.61. The van der Waals surface area contributed by atoms with Crippen LogP contribution in [0.15, 0.2) is 36.5 Å². The number of rotatable bonds is 2. The van der Waals surface area contributed by atoms with Crippen LogP contribution in [0.25, 0.3) is 11.0 Å². The molecule has 2 heterocycles. The van der Waals surface area contributed by atoms with Gasteiger partial charge in [0.05, 0.1) is 23.7 Å². The first-order chi connectivity index (χ1) is 11.5. The predicted molar refractivity (Wildman–Crippen MR) is 86.3 cm³/mol. The molecule has 0 saturated heterocycles. The van der Waals surface area contributed by atoms with Crippen molar-refractivity contribution < 1.29 is 13.6 Å². The molecule has 4 rings (SSSR count). The number of halogens is 2. The van der Waals surface area contributed by atoms with E-state index in [1.807, 2.05) is 18.2 Å². The summed E-state index contributed by atoms with van der Waals surface area (Å²) in [6.07, 6.45) is 1.80. The summed E-state index contributed by atoms with van der Waals surface area (Å²) in [7, 11) is 1.74. The Morgan fingerprint density at radius 2 is 1.88 bits per heavy atom. The van der Waals surface area contributed by atoms with Gasteiger partial charge in [-0.05, 0) is 23.8 Å². The number of anilines is 3. The highest BCUT2D eigenvalue weighted by molar-refractivity contribution is 6.01. The van der Waals surface area contributed by atoms with Gasteiger partial charge in [-0.15, -0.1) is 0 Å². The van der Waals surface area contributed by atoms with E-state index in [0.717, 1.165) is 29.1 Å². The molecular formula is C17H12F2N4O. The van der Waals surface area contributed by atoms with Crippen molar-refractivity contribution in [3.63, 3.8) is 0 Å². The van der Waals surface area contributed by atoms with Crippen molar-refractivity contribution in [3.8, 4) is 0 Å². The summed E-state index contributed by atoms with van der Waals surface area (Å²) in [5.74, 6) is -1.46. The van der Waals surface area contributed by atoms with Crippen LogP contribution >= 0.6 is 0 Å². The highest BCUT2D eigenvalue weighted by atomic mass is 19.2. The maximum Gasteiger partial charge on any atom is 0.231 e. The van der Waals surface area contributed by atoms with Gasteiger partial charge in [0, 0.05) is 30.6 Å². The molecule has 0 unspecified atom stereocenters. The van der Waals surface area contributed by atoms with Crippen LogP contribution < -0.4 is 10.2 Å². The molecule has 24 heavy (non-hydrogen) atoms. The van der Waals surface area contributed by atoms with Crippen LogP contribution in [0.1, 0.15) is 5.56 Å². The van der Waals surface area contributed by atoms with Crippen LogP contribution in [-0.4, -0.2) is 22.9 Å². The largest absolute Gasteiger partial charge is 0.339 e. The van der Waals surface area contributed by atoms with E-state index in [2.05, 4.69) is 15.3 Å². The van der Waals surface area contributed by atoms with E-state index in [0.29, 0.717) is 12.2 Å². The molecule has 1 aliphatic heterocycles. The number of amides is 1. The van der Waals surface area contributed by atoms with Crippen molar-refractivity contribution in [2.45, 2.75) is 6.42 Å². The van der Waals surface area contributed by atoms with Gasteiger partial charge in [0.15, 0.2) is 11.6 Å². The normalized spacial score (nSPS) is 13.5. The Hall–Kier alpha value is -3.09. The molecule has 1 amide bonds. The fourth-order valence-electron chi connectivity index (χ4n) is 2.76. The molecule has 2 aromatic carbocycles. The Kier molecular flexibility index (Phi) is 3.16. The lowest BCUT2D eigenvalue weighted by atomic mass is 10.1. The topological polar surface area (TPSA) is 58.1 Å². The summed E-state index contributed by atoms with van der Waals surface area (Å²) in [6, 6.07) is 7.57. The fraction of sp³-hybridized carbons (Fsp3) is 0.118. The van der Waals surface area contributed by atoms with Gasteiger partial charge >= 0.3 is 0 Å². The highest BCUT2D eigenvalue weighted by Gasteiger charge is 2.23. The Bertz CT molecular complexity index is 990. The van der Waals surface area contributed by atoms with E-state index < -0.39 is 11.6 Å². The number of aromatic nitrogens is 2. The summed E-state index contributed by atoms with van der Waals surface area (Å²) in [5, 5.41) is 3.07. The molecule has 0 radical (unpaired) electrons. The minimum atomic E-state index is -0.965. The zero-order valence-electron chi connectivity index (χ0n) is 12.7. The lowest BCUT2D eigenvalue weighted by Gasteiger charge is -2.11. The molecule has 1 aromatic heterocycles. The third-order valence-electron chi connectivity index (χ3n) is 4.01. The van der Waals surface area contributed by atoms with Gasteiger partial charge in [-0.3, -0.25) is 9.78 Å². The summed E-state index contributed by atoms with van der Waals surface area (Å²) in [6.45, 7) is 0. The van der Waals surface area contributed by atoms with Gasteiger partial charge in [0.1, 0.15) is 5.82 Å². The fourth-order valence-corrected chi connectivity index (χ4v) is 2.76. The van der Waals surface area contributed by atoms with Crippen molar-refractivity contribution in [1.29, 1.82) is 0 Å². The second-order valence-electron chi connectivity index (χ2n) is 5.61. The van der Waals surface area contributed by atoms with Gasteiger partial charge in [-0.1, -0.05) is 0 Å². The lowest BCUT2D eigenvalue weighted by Crippen LogP contribution is -2.20. The minimum absolute atomic E-state index is 0.0464. The van der Waals surface area contributed by atoms with Gasteiger partial charge in [-0.2, -0.15) is 0 Å². The summed E-state index contributed by atoms with van der Waals surface area (Å²) < 4.78 is 26.5. The molecule has 0 bridgehead atoms. The van der Waals surface area contributed by atoms with Crippen molar-refractivity contribution in [2.24, 2.45) is 0 Å². The number of nitrogens with one attached hydrogen (secondary N) is 1. The molecule has 5 nitrogen and oxygen atoms in total. The number of likely N-dealkylation sites (N-methyl/N-ethyl adjacent to an activating group) is 1. The minimum Gasteiger partial charge on any atom is -0.339 e. The molecule has 1 N–H and O–H groups in total. The van der Waals surface area contributed by atoms with Gasteiger partial charge in [0.2, 0.25) is 5.91 Å². The van der Waals surface area contributed by atoms with Crippen LogP contribution in [0.4, 0.5) is 26.0 Å².